The Morgan fingerprint density at radius 2 is 2.00 bits per heavy atom. The van der Waals surface area contributed by atoms with Crippen LogP contribution in [0.25, 0.3) is 0 Å². The molecular formula is C8H14N2O2. The quantitative estimate of drug-likeness (QED) is 0.475. The predicted octanol–water partition coefficient (Wildman–Crippen LogP) is 0.783. The fourth-order valence-corrected chi connectivity index (χ4v) is 0.412. The monoisotopic (exact) mass is 170 g/mol. The van der Waals surface area contributed by atoms with E-state index in [-0.39, 0.29) is 11.2 Å². The van der Waals surface area contributed by atoms with Crippen molar-refractivity contribution in [2.45, 2.75) is 26.3 Å². The zero-order chi connectivity index (χ0) is 9.78. The lowest BCUT2D eigenvalue weighted by Crippen LogP contribution is -2.12. The number of carbonyl (C=O) groups is 1. The van der Waals surface area contributed by atoms with Crippen LogP contribution in [0.1, 0.15) is 20.8 Å². The van der Waals surface area contributed by atoms with Crippen molar-refractivity contribution in [1.29, 1.82) is 0 Å². The molecule has 0 aliphatic heterocycles. The maximum absolute atomic E-state index is 10.2. The summed E-state index contributed by atoms with van der Waals surface area (Å²) in [5.41, 5.74) is 4.71. The van der Waals surface area contributed by atoms with E-state index in [4.69, 9.17) is 10.8 Å². The lowest BCUT2D eigenvalue weighted by Gasteiger charge is -2.09. The number of carboxylic acids is 1. The average Bonchev–Trinajstić information content (AvgIpc) is 1.84. The molecule has 0 aromatic carbocycles. The Labute approximate surface area is 71.8 Å². The summed E-state index contributed by atoms with van der Waals surface area (Å²) in [5.74, 6) is -1.13. The molecule has 0 radical (unpaired) electrons. The van der Waals surface area contributed by atoms with Crippen LogP contribution in [-0.4, -0.2) is 22.8 Å². The summed E-state index contributed by atoms with van der Waals surface area (Å²) in [5, 5.41) is 8.36. The third-order valence-electron chi connectivity index (χ3n) is 0.963. The summed E-state index contributed by atoms with van der Waals surface area (Å²) in [4.78, 5) is 14.2. The topological polar surface area (TPSA) is 75.7 Å². The molecule has 0 bridgehead atoms. The van der Waals surface area contributed by atoms with E-state index >= 15 is 0 Å². The smallest absolute Gasteiger partial charge is 0.351 e. The number of aliphatic imine (C=N–C) groups is 1. The van der Waals surface area contributed by atoms with E-state index in [0.717, 1.165) is 0 Å². The molecule has 12 heavy (non-hydrogen) atoms. The van der Waals surface area contributed by atoms with Crippen LogP contribution in [0.2, 0.25) is 0 Å². The van der Waals surface area contributed by atoms with Crippen molar-refractivity contribution in [3.05, 3.63) is 11.8 Å². The van der Waals surface area contributed by atoms with E-state index in [0.29, 0.717) is 0 Å². The minimum atomic E-state index is -1.13. The van der Waals surface area contributed by atoms with E-state index in [9.17, 15) is 4.79 Å². The minimum Gasteiger partial charge on any atom is -0.477 e. The molecule has 0 aliphatic rings. The Bertz CT molecular complexity index is 224. The van der Waals surface area contributed by atoms with Crippen LogP contribution in [0.15, 0.2) is 16.8 Å². The van der Waals surface area contributed by atoms with Crippen molar-refractivity contribution in [1.82, 2.24) is 0 Å². The van der Waals surface area contributed by atoms with Gasteiger partial charge in [0.25, 0.3) is 0 Å². The molecule has 4 nitrogen and oxygen atoms in total. The highest BCUT2D eigenvalue weighted by Crippen LogP contribution is 2.04. The first-order valence-corrected chi connectivity index (χ1v) is 3.57. The highest BCUT2D eigenvalue weighted by molar-refractivity contribution is 5.91. The van der Waals surface area contributed by atoms with Crippen LogP contribution >= 0.6 is 0 Å². The minimum absolute atomic E-state index is 0.199. The molecule has 4 heteroatoms. The van der Waals surface area contributed by atoms with Gasteiger partial charge in [-0.3, -0.25) is 4.99 Å². The first-order chi connectivity index (χ1) is 5.33. The van der Waals surface area contributed by atoms with Crippen LogP contribution < -0.4 is 5.73 Å². The number of aliphatic carboxylic acids is 1. The molecule has 0 saturated heterocycles. The number of hydrogen-bond donors (Lipinski definition) is 2. The molecule has 0 aromatic rings. The summed E-state index contributed by atoms with van der Waals surface area (Å²) < 4.78 is 0. The molecule has 3 N–H and O–H groups in total. The molecule has 0 fully saturated rings. The summed E-state index contributed by atoms with van der Waals surface area (Å²) in [7, 11) is 0. The molecule has 0 spiro atoms. The van der Waals surface area contributed by atoms with Gasteiger partial charge in [-0.15, -0.1) is 0 Å². The predicted molar refractivity (Wildman–Crippen MR) is 48.2 cm³/mol. The highest BCUT2D eigenvalue weighted by atomic mass is 16.4. The standard InChI is InChI=1S/C8H14N2O2/c1-8(2,3)10-5-4-6(9)7(11)12/h4-5H,9H2,1-3H3,(H,11,12). The van der Waals surface area contributed by atoms with Gasteiger partial charge in [0.05, 0.1) is 5.54 Å². The average molecular weight is 170 g/mol. The zero-order valence-corrected chi connectivity index (χ0v) is 7.53. The van der Waals surface area contributed by atoms with Crippen molar-refractivity contribution < 1.29 is 9.90 Å². The maximum Gasteiger partial charge on any atom is 0.351 e. The number of carboxylic acid groups (broad SMARTS) is 1. The molecular weight excluding hydrogens is 156 g/mol. The van der Waals surface area contributed by atoms with Crippen molar-refractivity contribution in [2.75, 3.05) is 0 Å². The van der Waals surface area contributed by atoms with Crippen molar-refractivity contribution in [3.63, 3.8) is 0 Å². The van der Waals surface area contributed by atoms with Gasteiger partial charge in [-0.25, -0.2) is 4.79 Å². The van der Waals surface area contributed by atoms with Gasteiger partial charge >= 0.3 is 5.97 Å². The van der Waals surface area contributed by atoms with Gasteiger partial charge in [0.15, 0.2) is 0 Å². The number of rotatable bonds is 2. The molecule has 68 valence electrons. The van der Waals surface area contributed by atoms with Crippen molar-refractivity contribution in [3.8, 4) is 0 Å². The number of nitrogens with two attached hydrogens (primary N) is 1. The maximum atomic E-state index is 10.2. The van der Waals surface area contributed by atoms with Crippen LogP contribution in [0.3, 0.4) is 0 Å². The normalized spacial score (nSPS) is 13.8. The van der Waals surface area contributed by atoms with Crippen molar-refractivity contribution in [2.24, 2.45) is 10.7 Å². The van der Waals surface area contributed by atoms with E-state index in [1.165, 1.54) is 12.3 Å². The fraction of sp³-hybridized carbons (Fsp3) is 0.500. The molecule has 0 unspecified atom stereocenters. The third kappa shape index (κ3) is 5.46. The largest absolute Gasteiger partial charge is 0.477 e. The molecule has 0 saturated carbocycles. The zero-order valence-electron chi connectivity index (χ0n) is 7.53. The highest BCUT2D eigenvalue weighted by Gasteiger charge is 2.04. The van der Waals surface area contributed by atoms with Crippen LogP contribution in [0.4, 0.5) is 0 Å². The second-order valence-electron chi connectivity index (χ2n) is 3.38. The number of nitrogens with zero attached hydrogens (tertiary/aromatic N) is 1. The fourth-order valence-electron chi connectivity index (χ4n) is 0.412. The molecule has 0 heterocycles. The molecule has 0 aliphatic carbocycles. The molecule has 0 atom stereocenters. The van der Waals surface area contributed by atoms with Gasteiger partial charge in [0, 0.05) is 6.21 Å². The summed E-state index contributed by atoms with van der Waals surface area (Å²) in [6.07, 6.45) is 2.68. The first-order valence-electron chi connectivity index (χ1n) is 3.57. The van der Waals surface area contributed by atoms with Gasteiger partial charge in [0.1, 0.15) is 5.70 Å². The number of hydrogen-bond acceptors (Lipinski definition) is 3. The lowest BCUT2D eigenvalue weighted by molar-refractivity contribution is -0.132. The van der Waals surface area contributed by atoms with Gasteiger partial charge in [-0.05, 0) is 26.8 Å². The lowest BCUT2D eigenvalue weighted by atomic mass is 10.1. The Morgan fingerprint density at radius 3 is 2.33 bits per heavy atom. The first kappa shape index (κ1) is 10.7. The van der Waals surface area contributed by atoms with Gasteiger partial charge in [-0.2, -0.15) is 0 Å². The number of allylic oxidation sites excluding steroid dienone is 1. The second kappa shape index (κ2) is 3.90. The molecule has 0 aromatic heterocycles. The Balaban J connectivity index is 4.23. The van der Waals surface area contributed by atoms with E-state index in [2.05, 4.69) is 4.99 Å². The Hall–Kier alpha value is -1.32. The third-order valence-corrected chi connectivity index (χ3v) is 0.963. The van der Waals surface area contributed by atoms with Crippen LogP contribution in [0.5, 0.6) is 0 Å². The van der Waals surface area contributed by atoms with E-state index in [1.807, 2.05) is 20.8 Å². The van der Waals surface area contributed by atoms with Crippen LogP contribution in [0, 0.1) is 0 Å². The van der Waals surface area contributed by atoms with Gasteiger partial charge in [0.2, 0.25) is 0 Å². The van der Waals surface area contributed by atoms with E-state index < -0.39 is 5.97 Å². The molecule has 0 rings (SSSR count). The van der Waals surface area contributed by atoms with Crippen molar-refractivity contribution >= 4 is 12.2 Å². The van der Waals surface area contributed by atoms with Gasteiger partial charge in [-0.1, -0.05) is 0 Å². The summed E-state index contributed by atoms with van der Waals surface area (Å²) in [6, 6.07) is 0. The van der Waals surface area contributed by atoms with E-state index in [1.54, 1.807) is 0 Å². The summed E-state index contributed by atoms with van der Waals surface area (Å²) >= 11 is 0. The van der Waals surface area contributed by atoms with Crippen LogP contribution in [-0.2, 0) is 4.79 Å². The second-order valence-corrected chi connectivity index (χ2v) is 3.38. The summed E-state index contributed by atoms with van der Waals surface area (Å²) in [6.45, 7) is 5.73. The Morgan fingerprint density at radius 1 is 1.50 bits per heavy atom. The van der Waals surface area contributed by atoms with Gasteiger partial charge < -0.3 is 10.8 Å². The Kier molecular flexibility index (Phi) is 3.47. The SMILES string of the molecule is CC(C)(C)N=CC=C(N)C(=O)O. The molecule has 0 amide bonds.